The lowest BCUT2D eigenvalue weighted by Gasteiger charge is -1.07. The molecule has 0 atom stereocenters. The second-order valence-corrected chi connectivity index (χ2v) is 0. The molecule has 252 valence electrons. The first-order valence-electron chi connectivity index (χ1n) is 12.0. The molecule has 0 heterocycles. The highest BCUT2D eigenvalue weighted by Gasteiger charge is 0.954. The predicted molar refractivity (Wildman–Crippen MR) is 201 cm³/mol. The molecule has 0 radical (unpaired) electrons. The van der Waals surface area contributed by atoms with Crippen LogP contribution in [-0.4, -0.2) is 0 Å². The van der Waals surface area contributed by atoms with Crippen LogP contribution in [0.25, 0.3) is 0 Å². The normalized spacial score (nSPS) is 2.12. The van der Waals surface area contributed by atoms with Crippen molar-refractivity contribution in [2.75, 3.05) is 0 Å². The van der Waals surface area contributed by atoms with Gasteiger partial charge in [-0.2, -0.15) is 0 Å². The van der Waals surface area contributed by atoms with Crippen molar-refractivity contribution in [3.05, 3.63) is 0 Å². The Kier molecular flexibility index (Phi) is 9960000. The second-order valence-electron chi connectivity index (χ2n) is 0. The Balaban J connectivity index is -0.00000000193. The van der Waals surface area contributed by atoms with Gasteiger partial charge in [0.15, 0.2) is 0 Å². The van der Waals surface area contributed by atoms with Crippen LogP contribution in [0.1, 0.15) is 214 Å². The first-order chi connectivity index (χ1) is 12.0. The summed E-state index contributed by atoms with van der Waals surface area (Å²) in [4.78, 5) is 0. The van der Waals surface area contributed by atoms with Gasteiger partial charge in [-0.05, 0) is 0 Å². The molecule has 12 N–H and O–H groups in total. The summed E-state index contributed by atoms with van der Waals surface area (Å²) in [5.41, 5.74) is 0. The summed E-state index contributed by atoms with van der Waals surface area (Å²) in [7, 11) is 0. The molecule has 4 nitrogen and oxygen atoms in total. The third kappa shape index (κ3) is 1180000. The third-order valence-corrected chi connectivity index (χ3v) is 0. The van der Waals surface area contributed by atoms with E-state index in [0.717, 1.165) is 0 Å². The summed E-state index contributed by atoms with van der Waals surface area (Å²) in [6, 6.07) is 0. The largest absolute Gasteiger partial charge is 0.344 e. The molecular formula is C30H112N4. The molecule has 0 spiro atoms. The van der Waals surface area contributed by atoms with Crippen LogP contribution in [0.2, 0.25) is 0 Å². The Morgan fingerprint density at radius 3 is 0.147 bits per heavy atom. The zero-order valence-electron chi connectivity index (χ0n) is 26.8. The fourth-order valence-corrected chi connectivity index (χ4v) is 0. The van der Waals surface area contributed by atoms with Crippen molar-refractivity contribution in [3.63, 3.8) is 0 Å². The van der Waals surface area contributed by atoms with E-state index in [0.29, 0.717) is 0 Å². The summed E-state index contributed by atoms with van der Waals surface area (Å²) >= 11 is 0. The van der Waals surface area contributed by atoms with E-state index in [1.807, 2.05) is 166 Å². The van der Waals surface area contributed by atoms with Crippen LogP contribution in [0.15, 0.2) is 0 Å². The molecule has 34 heavy (non-hydrogen) atoms. The molecule has 0 aliphatic heterocycles. The number of hydrogen-bond acceptors (Lipinski definition) is 4. The lowest BCUT2D eigenvalue weighted by Crippen LogP contribution is -0.856. The molecule has 0 saturated carbocycles. The first kappa shape index (κ1) is 260. The Bertz CT molecular complexity index is 28.9. The van der Waals surface area contributed by atoms with Gasteiger partial charge in [-0.3, -0.25) is 0 Å². The summed E-state index contributed by atoms with van der Waals surface area (Å²) < 4.78 is 0. The van der Waals surface area contributed by atoms with E-state index in [9.17, 15) is 0 Å². The monoisotopic (exact) mass is 529 g/mol. The van der Waals surface area contributed by atoms with Crippen LogP contribution in [0.4, 0.5) is 0 Å². The van der Waals surface area contributed by atoms with Crippen molar-refractivity contribution in [1.29, 1.82) is 0 Å². The molecular weight excluding hydrogens is 416 g/mol. The summed E-state index contributed by atoms with van der Waals surface area (Å²) in [6.45, 7) is 48.0. The van der Waals surface area contributed by atoms with E-state index in [2.05, 4.69) is 0 Å². The summed E-state index contributed by atoms with van der Waals surface area (Å²) in [6.07, 6.45) is 0. The van der Waals surface area contributed by atoms with E-state index < -0.39 is 0 Å². The predicted octanol–water partition coefficient (Wildman–Crippen LogP) is 17.3. The van der Waals surface area contributed by atoms with Crippen LogP contribution < -0.4 is 24.6 Å². The zero-order valence-corrected chi connectivity index (χ0v) is 26.8. The van der Waals surface area contributed by atoms with Crippen molar-refractivity contribution in [3.8, 4) is 0 Å². The SMILES string of the molecule is C.C.C.C.C.C.CC.CC.CC.CC.CC.CC.CC.CC.CC.CC.CC.CC.N.N.N.N.[HH].[HH]. The second kappa shape index (κ2) is 1300000. The topological polar surface area (TPSA) is 140 Å². The minimum atomic E-state index is 0. The van der Waals surface area contributed by atoms with Crippen LogP contribution >= 0.6 is 0 Å². The van der Waals surface area contributed by atoms with E-state index >= 15 is 0 Å². The van der Waals surface area contributed by atoms with Gasteiger partial charge in [-0.1, -0.05) is 211 Å². The maximum Gasteiger partial charge on any atom is 0 e. The van der Waals surface area contributed by atoms with Crippen LogP contribution in [-0.2, 0) is 0 Å². The van der Waals surface area contributed by atoms with E-state index in [1.54, 1.807) is 0 Å². The maximum atomic E-state index is 2.00. The maximum absolute atomic E-state index is 2.00. The van der Waals surface area contributed by atoms with Gasteiger partial charge in [0.1, 0.15) is 0 Å². The van der Waals surface area contributed by atoms with Gasteiger partial charge in [0.25, 0.3) is 0 Å². The molecule has 0 aromatic heterocycles. The molecule has 0 aliphatic rings. The Labute approximate surface area is 238 Å². The summed E-state index contributed by atoms with van der Waals surface area (Å²) in [5, 5.41) is 0. The molecule has 0 saturated heterocycles. The fourth-order valence-electron chi connectivity index (χ4n) is 0. The Morgan fingerprint density at radius 1 is 0.147 bits per heavy atom. The highest BCUT2D eigenvalue weighted by Crippen LogP contribution is 1.17. The van der Waals surface area contributed by atoms with Crippen molar-refractivity contribution in [1.82, 2.24) is 24.6 Å². The van der Waals surface area contributed by atoms with E-state index in [-0.39, 0.29) is 72.0 Å². The molecule has 0 aromatic rings. The number of hydrogen-bond donors (Lipinski definition) is 4. The van der Waals surface area contributed by atoms with E-state index in [4.69, 9.17) is 0 Å². The Hall–Kier alpha value is -0.160. The number of rotatable bonds is 0. The molecule has 0 aliphatic carbocycles. The first-order valence-corrected chi connectivity index (χ1v) is 12.0. The van der Waals surface area contributed by atoms with Gasteiger partial charge in [0.2, 0.25) is 0 Å². The van der Waals surface area contributed by atoms with Gasteiger partial charge in [0, 0.05) is 2.85 Å². The van der Waals surface area contributed by atoms with Gasteiger partial charge in [-0.15, -0.1) is 0 Å². The fraction of sp³-hybridized carbons (Fsp3) is 1.00. The smallest absolute Gasteiger partial charge is 0 e. The minimum absolute atomic E-state index is 0. The highest BCUT2D eigenvalue weighted by molar-refractivity contribution is 3.53. The van der Waals surface area contributed by atoms with Crippen molar-refractivity contribution in [2.24, 2.45) is 0 Å². The highest BCUT2D eigenvalue weighted by atomic mass is 14.0. The summed E-state index contributed by atoms with van der Waals surface area (Å²) in [5.74, 6) is 0. The molecule has 0 amide bonds. The lowest BCUT2D eigenvalue weighted by atomic mass is 11.0. The minimum Gasteiger partial charge on any atom is -0.344 e. The average Bonchev–Trinajstić information content (AvgIpc) is 2.84. The van der Waals surface area contributed by atoms with Crippen molar-refractivity contribution >= 4 is 0 Å². The lowest BCUT2D eigenvalue weighted by molar-refractivity contribution is 1.50. The van der Waals surface area contributed by atoms with Gasteiger partial charge < -0.3 is 24.6 Å². The van der Waals surface area contributed by atoms with Crippen molar-refractivity contribution in [2.45, 2.75) is 211 Å². The molecule has 0 bridgehead atoms. The Morgan fingerprint density at radius 2 is 0.147 bits per heavy atom. The average molecular weight is 529 g/mol. The van der Waals surface area contributed by atoms with Crippen LogP contribution in [0, 0.1) is 0 Å². The molecule has 4 heteroatoms. The molecule has 0 aromatic carbocycles. The molecule has 0 fully saturated rings. The van der Waals surface area contributed by atoms with Gasteiger partial charge >= 0.3 is 0 Å². The van der Waals surface area contributed by atoms with Gasteiger partial charge in [0.05, 0.1) is 0 Å². The van der Waals surface area contributed by atoms with Crippen molar-refractivity contribution < 1.29 is 2.85 Å². The quantitative estimate of drug-likeness (QED) is 0.248. The van der Waals surface area contributed by atoms with E-state index in [1.165, 1.54) is 0 Å². The molecule has 0 unspecified atom stereocenters. The molecule has 0 rings (SSSR count). The standard InChI is InChI=1S/12C2H6.6CH4.4H3N.2H2/c12*1-2;;;;;;;;;;;;/h12*1-2H3;6*1H4;4*1H3;2*1H. The van der Waals surface area contributed by atoms with Crippen LogP contribution in [0.5, 0.6) is 0 Å². The van der Waals surface area contributed by atoms with Crippen LogP contribution in [0.3, 0.4) is 0 Å². The third-order valence-electron chi connectivity index (χ3n) is 0. The zero-order chi connectivity index (χ0) is 24.0. The van der Waals surface area contributed by atoms with Gasteiger partial charge in [-0.25, -0.2) is 0 Å².